The summed E-state index contributed by atoms with van der Waals surface area (Å²) in [5, 5.41) is 18.7. The van der Waals surface area contributed by atoms with E-state index >= 15 is 0 Å². The summed E-state index contributed by atoms with van der Waals surface area (Å²) in [5.74, 6) is -0.936. The molecule has 0 aliphatic rings. The van der Waals surface area contributed by atoms with Crippen LogP contribution in [0.2, 0.25) is 0 Å². The molecule has 15 heavy (non-hydrogen) atoms. The fourth-order valence-corrected chi connectivity index (χ4v) is 1.62. The predicted molar refractivity (Wildman–Crippen MR) is 56.0 cm³/mol. The van der Waals surface area contributed by atoms with Crippen LogP contribution in [0.5, 0.6) is 0 Å². The Bertz CT molecular complexity index is 502. The largest absolute Gasteiger partial charge is 0.478 e. The Balaban J connectivity index is 2.56. The van der Waals surface area contributed by atoms with E-state index in [1.807, 2.05) is 16.8 Å². The van der Waals surface area contributed by atoms with E-state index in [2.05, 4.69) is 0 Å². The number of aromatic carboxylic acids is 1. The molecule has 0 amide bonds. The summed E-state index contributed by atoms with van der Waals surface area (Å²) in [6.45, 7) is 0.521. The highest BCUT2D eigenvalue weighted by atomic mass is 16.4. The third-order valence-electron chi connectivity index (χ3n) is 2.36. The second kappa shape index (κ2) is 3.74. The van der Waals surface area contributed by atoms with Gasteiger partial charge in [0.25, 0.3) is 0 Å². The summed E-state index contributed by atoms with van der Waals surface area (Å²) >= 11 is 0. The van der Waals surface area contributed by atoms with Crippen LogP contribution in [-0.4, -0.2) is 27.4 Å². The topological polar surface area (TPSA) is 62.5 Å². The minimum Gasteiger partial charge on any atom is -0.478 e. The highest BCUT2D eigenvalue weighted by molar-refractivity contribution is 5.93. The highest BCUT2D eigenvalue weighted by Gasteiger charge is 2.06. The summed E-state index contributed by atoms with van der Waals surface area (Å²) in [7, 11) is 0. The van der Waals surface area contributed by atoms with Crippen molar-refractivity contribution in [2.24, 2.45) is 0 Å². The van der Waals surface area contributed by atoms with Crippen LogP contribution in [0.15, 0.2) is 30.5 Å². The zero-order valence-corrected chi connectivity index (χ0v) is 8.05. The molecule has 0 aliphatic heterocycles. The van der Waals surface area contributed by atoms with Gasteiger partial charge in [-0.2, -0.15) is 0 Å². The Hall–Kier alpha value is -1.81. The summed E-state index contributed by atoms with van der Waals surface area (Å²) in [6.07, 6.45) is 1.84. The Kier molecular flexibility index (Phi) is 2.43. The molecule has 2 aromatic rings. The molecule has 0 saturated carbocycles. The summed E-state index contributed by atoms with van der Waals surface area (Å²) in [4.78, 5) is 10.8. The van der Waals surface area contributed by atoms with Crippen molar-refractivity contribution in [2.45, 2.75) is 6.54 Å². The van der Waals surface area contributed by atoms with E-state index in [9.17, 15) is 4.79 Å². The van der Waals surface area contributed by atoms with Gasteiger partial charge in [-0.05, 0) is 23.6 Å². The molecule has 2 N–H and O–H groups in total. The fraction of sp³-hybridized carbons (Fsp3) is 0.182. The molecule has 0 bridgehead atoms. The first-order valence-corrected chi connectivity index (χ1v) is 4.65. The normalized spacial score (nSPS) is 10.7. The first-order chi connectivity index (χ1) is 7.22. The van der Waals surface area contributed by atoms with E-state index in [4.69, 9.17) is 10.2 Å². The lowest BCUT2D eigenvalue weighted by Crippen LogP contribution is -2.01. The van der Waals surface area contributed by atoms with Gasteiger partial charge in [-0.25, -0.2) is 4.79 Å². The number of hydrogen-bond acceptors (Lipinski definition) is 2. The van der Waals surface area contributed by atoms with Crippen molar-refractivity contribution in [1.29, 1.82) is 0 Å². The Morgan fingerprint density at radius 1 is 1.33 bits per heavy atom. The molecule has 0 radical (unpaired) electrons. The number of nitrogens with zero attached hydrogens (tertiary/aromatic N) is 1. The van der Waals surface area contributed by atoms with Crippen molar-refractivity contribution in [3.63, 3.8) is 0 Å². The minimum absolute atomic E-state index is 0.0427. The average molecular weight is 205 g/mol. The first-order valence-electron chi connectivity index (χ1n) is 4.65. The standard InChI is InChI=1S/C11H11NO3/c13-6-5-12-4-3-8-1-2-9(11(14)15)7-10(8)12/h1-4,7,13H,5-6H2,(H,14,15). The van der Waals surface area contributed by atoms with Crippen molar-refractivity contribution < 1.29 is 15.0 Å². The maximum atomic E-state index is 10.8. The molecule has 0 unspecified atom stereocenters. The molecular formula is C11H11NO3. The van der Waals surface area contributed by atoms with E-state index in [1.165, 1.54) is 0 Å². The van der Waals surface area contributed by atoms with E-state index in [0.717, 1.165) is 10.9 Å². The number of aliphatic hydroxyl groups excluding tert-OH is 1. The van der Waals surface area contributed by atoms with Crippen LogP contribution in [0, 0.1) is 0 Å². The van der Waals surface area contributed by atoms with Gasteiger partial charge in [0, 0.05) is 18.3 Å². The Morgan fingerprint density at radius 2 is 2.13 bits per heavy atom. The second-order valence-electron chi connectivity index (χ2n) is 3.31. The van der Waals surface area contributed by atoms with Gasteiger partial charge in [-0.3, -0.25) is 0 Å². The lowest BCUT2D eigenvalue weighted by Gasteiger charge is -2.02. The van der Waals surface area contributed by atoms with Gasteiger partial charge >= 0.3 is 5.97 Å². The molecule has 1 aromatic carbocycles. The molecule has 4 nitrogen and oxygen atoms in total. The molecule has 1 aromatic heterocycles. The van der Waals surface area contributed by atoms with Crippen molar-refractivity contribution >= 4 is 16.9 Å². The van der Waals surface area contributed by atoms with Crippen molar-refractivity contribution in [1.82, 2.24) is 4.57 Å². The number of aromatic nitrogens is 1. The van der Waals surface area contributed by atoms with Crippen LogP contribution in [0.1, 0.15) is 10.4 Å². The molecule has 0 saturated heterocycles. The quantitative estimate of drug-likeness (QED) is 0.794. The summed E-state index contributed by atoms with van der Waals surface area (Å²) in [5.41, 5.74) is 1.10. The average Bonchev–Trinajstić information content (AvgIpc) is 2.61. The van der Waals surface area contributed by atoms with E-state index in [-0.39, 0.29) is 12.2 Å². The number of hydrogen-bond donors (Lipinski definition) is 2. The first kappa shape index (κ1) is 9.73. The van der Waals surface area contributed by atoms with Gasteiger partial charge in [0.1, 0.15) is 0 Å². The number of fused-ring (bicyclic) bond motifs is 1. The van der Waals surface area contributed by atoms with Crippen LogP contribution in [0.3, 0.4) is 0 Å². The number of carboxylic acid groups (broad SMARTS) is 1. The minimum atomic E-state index is -0.936. The number of rotatable bonds is 3. The van der Waals surface area contributed by atoms with Gasteiger partial charge in [0.15, 0.2) is 0 Å². The lowest BCUT2D eigenvalue weighted by atomic mass is 10.2. The van der Waals surface area contributed by atoms with E-state index in [0.29, 0.717) is 6.54 Å². The fourth-order valence-electron chi connectivity index (χ4n) is 1.62. The number of carbonyl (C=O) groups is 1. The molecular weight excluding hydrogens is 194 g/mol. The smallest absolute Gasteiger partial charge is 0.335 e. The molecule has 78 valence electrons. The van der Waals surface area contributed by atoms with Crippen LogP contribution in [-0.2, 0) is 6.54 Å². The van der Waals surface area contributed by atoms with Crippen LogP contribution in [0.25, 0.3) is 10.9 Å². The monoisotopic (exact) mass is 205 g/mol. The predicted octanol–water partition coefficient (Wildman–Crippen LogP) is 1.33. The highest BCUT2D eigenvalue weighted by Crippen LogP contribution is 2.17. The third kappa shape index (κ3) is 1.71. The van der Waals surface area contributed by atoms with Gasteiger partial charge in [0.05, 0.1) is 12.2 Å². The second-order valence-corrected chi connectivity index (χ2v) is 3.31. The van der Waals surface area contributed by atoms with Crippen LogP contribution >= 0.6 is 0 Å². The van der Waals surface area contributed by atoms with Crippen molar-refractivity contribution in [3.8, 4) is 0 Å². The molecule has 2 rings (SSSR count). The lowest BCUT2D eigenvalue weighted by molar-refractivity contribution is 0.0697. The SMILES string of the molecule is O=C(O)c1ccc2ccn(CCO)c2c1. The molecule has 4 heteroatoms. The van der Waals surface area contributed by atoms with Crippen LogP contribution in [0.4, 0.5) is 0 Å². The van der Waals surface area contributed by atoms with Gasteiger partial charge < -0.3 is 14.8 Å². The molecule has 0 fully saturated rings. The zero-order valence-electron chi connectivity index (χ0n) is 8.05. The van der Waals surface area contributed by atoms with E-state index in [1.54, 1.807) is 18.2 Å². The Morgan fingerprint density at radius 3 is 2.80 bits per heavy atom. The van der Waals surface area contributed by atoms with Gasteiger partial charge in [-0.1, -0.05) is 6.07 Å². The maximum Gasteiger partial charge on any atom is 0.335 e. The van der Waals surface area contributed by atoms with Gasteiger partial charge in [-0.15, -0.1) is 0 Å². The summed E-state index contributed by atoms with van der Waals surface area (Å²) in [6, 6.07) is 6.87. The van der Waals surface area contributed by atoms with Crippen molar-refractivity contribution in [3.05, 3.63) is 36.0 Å². The molecule has 0 atom stereocenters. The van der Waals surface area contributed by atoms with Crippen LogP contribution < -0.4 is 0 Å². The molecule has 0 aliphatic carbocycles. The number of benzene rings is 1. The zero-order chi connectivity index (χ0) is 10.8. The maximum absolute atomic E-state index is 10.8. The summed E-state index contributed by atoms with van der Waals surface area (Å²) < 4.78 is 1.84. The van der Waals surface area contributed by atoms with E-state index < -0.39 is 5.97 Å². The number of aliphatic hydroxyl groups is 1. The van der Waals surface area contributed by atoms with Gasteiger partial charge in [0.2, 0.25) is 0 Å². The van der Waals surface area contributed by atoms with Crippen molar-refractivity contribution in [2.75, 3.05) is 6.61 Å². The number of carboxylic acids is 1. The third-order valence-corrected chi connectivity index (χ3v) is 2.36. The Labute approximate surface area is 86.4 Å². The molecule has 1 heterocycles. The molecule has 0 spiro atoms.